The van der Waals surface area contributed by atoms with Crippen molar-refractivity contribution < 1.29 is 4.74 Å². The first kappa shape index (κ1) is 13.2. The Morgan fingerprint density at radius 1 is 1.25 bits per heavy atom. The van der Waals surface area contributed by atoms with Gasteiger partial charge in [-0.1, -0.05) is 13.8 Å². The molecule has 2 heterocycles. The standard InChI is InChI=1S/C10H17N3O.C2H6/c1-10-8-11-13(9-10)3-2-12-4-6-14-7-5-12;1-2/h8-9H,2-7H2,1H3;1-2H3. The lowest BCUT2D eigenvalue weighted by molar-refractivity contribution is 0.0359. The predicted octanol–water partition coefficient (Wildman–Crippen LogP) is 1.55. The Labute approximate surface area is 98.2 Å². The topological polar surface area (TPSA) is 30.3 Å². The smallest absolute Gasteiger partial charge is 0.0594 e. The quantitative estimate of drug-likeness (QED) is 0.782. The van der Waals surface area contributed by atoms with E-state index in [9.17, 15) is 0 Å². The van der Waals surface area contributed by atoms with Crippen molar-refractivity contribution >= 4 is 0 Å². The Kier molecular flexibility index (Phi) is 6.11. The van der Waals surface area contributed by atoms with Crippen molar-refractivity contribution in [2.24, 2.45) is 0 Å². The molecule has 0 bridgehead atoms. The van der Waals surface area contributed by atoms with Gasteiger partial charge in [0, 0.05) is 25.8 Å². The zero-order chi connectivity index (χ0) is 11.8. The number of nitrogens with zero attached hydrogens (tertiary/aromatic N) is 3. The molecule has 4 heteroatoms. The van der Waals surface area contributed by atoms with Crippen molar-refractivity contribution in [1.82, 2.24) is 14.7 Å². The van der Waals surface area contributed by atoms with Crippen molar-refractivity contribution in [2.75, 3.05) is 32.8 Å². The SMILES string of the molecule is CC.Cc1cnn(CCN2CCOCC2)c1. The van der Waals surface area contributed by atoms with E-state index in [2.05, 4.69) is 23.1 Å². The normalized spacial score (nSPS) is 16.7. The maximum absolute atomic E-state index is 5.29. The molecule has 0 saturated carbocycles. The Bertz CT molecular complexity index is 280. The van der Waals surface area contributed by atoms with E-state index in [-0.39, 0.29) is 0 Å². The lowest BCUT2D eigenvalue weighted by Gasteiger charge is -2.26. The summed E-state index contributed by atoms with van der Waals surface area (Å²) in [7, 11) is 0. The number of rotatable bonds is 3. The largest absolute Gasteiger partial charge is 0.379 e. The zero-order valence-electron chi connectivity index (χ0n) is 10.6. The van der Waals surface area contributed by atoms with Crippen LogP contribution in [0.3, 0.4) is 0 Å². The maximum atomic E-state index is 5.29. The molecule has 0 aliphatic carbocycles. The first-order chi connectivity index (χ1) is 7.84. The molecule has 0 unspecified atom stereocenters. The highest BCUT2D eigenvalue weighted by molar-refractivity contribution is 4.99. The monoisotopic (exact) mass is 225 g/mol. The highest BCUT2D eigenvalue weighted by Crippen LogP contribution is 1.98. The molecule has 4 nitrogen and oxygen atoms in total. The zero-order valence-corrected chi connectivity index (χ0v) is 10.6. The summed E-state index contributed by atoms with van der Waals surface area (Å²) in [5.74, 6) is 0. The van der Waals surface area contributed by atoms with Crippen LogP contribution < -0.4 is 0 Å². The summed E-state index contributed by atoms with van der Waals surface area (Å²) in [5, 5.41) is 4.26. The van der Waals surface area contributed by atoms with Crippen LogP contribution in [0.5, 0.6) is 0 Å². The lowest BCUT2D eigenvalue weighted by Crippen LogP contribution is -2.38. The summed E-state index contributed by atoms with van der Waals surface area (Å²) in [6.45, 7) is 12.0. The molecule has 2 rings (SSSR count). The fraction of sp³-hybridized carbons (Fsp3) is 0.750. The van der Waals surface area contributed by atoms with Crippen LogP contribution in [0.15, 0.2) is 12.4 Å². The second-order valence-electron chi connectivity index (χ2n) is 3.73. The van der Waals surface area contributed by atoms with Gasteiger partial charge in [0.15, 0.2) is 0 Å². The minimum absolute atomic E-state index is 0.873. The van der Waals surface area contributed by atoms with Crippen LogP contribution in [0.4, 0.5) is 0 Å². The maximum Gasteiger partial charge on any atom is 0.0594 e. The molecular formula is C12H23N3O. The van der Waals surface area contributed by atoms with Gasteiger partial charge in [-0.15, -0.1) is 0 Å². The Hall–Kier alpha value is -0.870. The summed E-state index contributed by atoms with van der Waals surface area (Å²) in [5.41, 5.74) is 1.23. The van der Waals surface area contributed by atoms with Crippen molar-refractivity contribution in [3.63, 3.8) is 0 Å². The minimum Gasteiger partial charge on any atom is -0.379 e. The van der Waals surface area contributed by atoms with E-state index >= 15 is 0 Å². The molecule has 1 aromatic rings. The summed E-state index contributed by atoms with van der Waals surface area (Å²) >= 11 is 0. The van der Waals surface area contributed by atoms with Crippen LogP contribution in [-0.4, -0.2) is 47.5 Å². The Morgan fingerprint density at radius 2 is 1.94 bits per heavy atom. The average molecular weight is 225 g/mol. The van der Waals surface area contributed by atoms with Crippen LogP contribution >= 0.6 is 0 Å². The Balaban J connectivity index is 0.000000606. The third-order valence-corrected chi connectivity index (χ3v) is 2.51. The molecule has 1 aliphatic rings. The Morgan fingerprint density at radius 3 is 2.50 bits per heavy atom. The van der Waals surface area contributed by atoms with Gasteiger partial charge in [0.05, 0.1) is 26.0 Å². The summed E-state index contributed by atoms with van der Waals surface area (Å²) in [6, 6.07) is 0. The van der Waals surface area contributed by atoms with Gasteiger partial charge in [-0.05, 0) is 12.5 Å². The molecule has 0 amide bonds. The molecular weight excluding hydrogens is 202 g/mol. The van der Waals surface area contributed by atoms with Gasteiger partial charge in [0.25, 0.3) is 0 Å². The first-order valence-electron chi connectivity index (χ1n) is 6.14. The number of aromatic nitrogens is 2. The molecule has 16 heavy (non-hydrogen) atoms. The van der Waals surface area contributed by atoms with E-state index in [1.54, 1.807) is 0 Å². The van der Waals surface area contributed by atoms with E-state index in [0.717, 1.165) is 39.4 Å². The van der Waals surface area contributed by atoms with E-state index in [0.29, 0.717) is 0 Å². The second-order valence-corrected chi connectivity index (χ2v) is 3.73. The van der Waals surface area contributed by atoms with Crippen molar-refractivity contribution in [1.29, 1.82) is 0 Å². The average Bonchev–Trinajstić information content (AvgIpc) is 2.77. The van der Waals surface area contributed by atoms with E-state index in [4.69, 9.17) is 4.74 Å². The first-order valence-corrected chi connectivity index (χ1v) is 6.14. The third-order valence-electron chi connectivity index (χ3n) is 2.51. The van der Waals surface area contributed by atoms with Gasteiger partial charge >= 0.3 is 0 Å². The number of aryl methyl sites for hydroxylation is 1. The molecule has 1 aliphatic heterocycles. The fourth-order valence-electron chi connectivity index (χ4n) is 1.66. The molecule has 92 valence electrons. The van der Waals surface area contributed by atoms with Gasteiger partial charge in [-0.3, -0.25) is 9.58 Å². The van der Waals surface area contributed by atoms with Gasteiger partial charge in [-0.2, -0.15) is 5.10 Å². The summed E-state index contributed by atoms with van der Waals surface area (Å²) in [4.78, 5) is 2.42. The third kappa shape index (κ3) is 4.33. The minimum atomic E-state index is 0.873. The number of ether oxygens (including phenoxy) is 1. The van der Waals surface area contributed by atoms with Crippen LogP contribution in [-0.2, 0) is 11.3 Å². The van der Waals surface area contributed by atoms with Gasteiger partial charge in [-0.25, -0.2) is 0 Å². The summed E-state index contributed by atoms with van der Waals surface area (Å²) < 4.78 is 7.30. The highest BCUT2D eigenvalue weighted by Gasteiger charge is 2.09. The molecule has 0 atom stereocenters. The van der Waals surface area contributed by atoms with E-state index < -0.39 is 0 Å². The molecule has 1 fully saturated rings. The van der Waals surface area contributed by atoms with Gasteiger partial charge < -0.3 is 4.74 Å². The molecule has 0 spiro atoms. The van der Waals surface area contributed by atoms with Gasteiger partial charge in [0.1, 0.15) is 0 Å². The van der Waals surface area contributed by atoms with Crippen LogP contribution in [0.25, 0.3) is 0 Å². The molecule has 1 aromatic heterocycles. The molecule has 0 aromatic carbocycles. The summed E-state index contributed by atoms with van der Waals surface area (Å²) in [6.07, 6.45) is 3.99. The second kappa shape index (κ2) is 7.41. The van der Waals surface area contributed by atoms with Gasteiger partial charge in [0.2, 0.25) is 0 Å². The molecule has 0 radical (unpaired) electrons. The van der Waals surface area contributed by atoms with Crippen molar-refractivity contribution in [3.05, 3.63) is 18.0 Å². The van der Waals surface area contributed by atoms with Crippen LogP contribution in [0, 0.1) is 6.92 Å². The molecule has 1 saturated heterocycles. The fourth-order valence-corrected chi connectivity index (χ4v) is 1.66. The van der Waals surface area contributed by atoms with E-state index in [1.807, 2.05) is 24.7 Å². The highest BCUT2D eigenvalue weighted by atomic mass is 16.5. The number of morpholine rings is 1. The van der Waals surface area contributed by atoms with E-state index in [1.165, 1.54) is 5.56 Å². The number of hydrogen-bond donors (Lipinski definition) is 0. The van der Waals surface area contributed by atoms with Crippen LogP contribution in [0.2, 0.25) is 0 Å². The van der Waals surface area contributed by atoms with Crippen molar-refractivity contribution in [2.45, 2.75) is 27.3 Å². The molecule has 0 N–H and O–H groups in total. The number of hydrogen-bond acceptors (Lipinski definition) is 3. The predicted molar refractivity (Wildman–Crippen MR) is 65.6 cm³/mol. The van der Waals surface area contributed by atoms with Crippen LogP contribution in [0.1, 0.15) is 19.4 Å². The lowest BCUT2D eigenvalue weighted by atomic mass is 10.4. The van der Waals surface area contributed by atoms with Crippen molar-refractivity contribution in [3.8, 4) is 0 Å².